The van der Waals surface area contributed by atoms with Gasteiger partial charge >= 0.3 is 0 Å². The first-order valence-corrected chi connectivity index (χ1v) is 9.21. The summed E-state index contributed by atoms with van der Waals surface area (Å²) in [5.74, 6) is 2.15. The van der Waals surface area contributed by atoms with Crippen LogP contribution in [0.1, 0.15) is 44.2 Å². The molecule has 136 valence electrons. The molecule has 0 saturated heterocycles. The van der Waals surface area contributed by atoms with Gasteiger partial charge in [-0.25, -0.2) is 4.85 Å². The minimum Gasteiger partial charge on any atom is -0.502 e. The summed E-state index contributed by atoms with van der Waals surface area (Å²) in [5, 5.41) is 4.20. The zero-order valence-corrected chi connectivity index (χ0v) is 15.7. The molecule has 1 heterocycles. The van der Waals surface area contributed by atoms with E-state index in [4.69, 9.17) is 15.8 Å². The van der Waals surface area contributed by atoms with Gasteiger partial charge in [0.15, 0.2) is 0 Å². The normalized spacial score (nSPS) is 15.6. The lowest BCUT2D eigenvalue weighted by Gasteiger charge is -2.11. The van der Waals surface area contributed by atoms with Crippen molar-refractivity contribution < 1.29 is 9.26 Å². The monoisotopic (exact) mass is 359 g/mol. The van der Waals surface area contributed by atoms with Crippen LogP contribution in [-0.2, 0) is 6.42 Å². The summed E-state index contributed by atoms with van der Waals surface area (Å²) in [5.41, 5.74) is 4.90. The number of benzene rings is 2. The van der Waals surface area contributed by atoms with Crippen LogP contribution in [0.2, 0.25) is 0 Å². The van der Waals surface area contributed by atoms with Crippen molar-refractivity contribution in [3.8, 4) is 28.6 Å². The minimum atomic E-state index is 0.00826. The van der Waals surface area contributed by atoms with Crippen LogP contribution >= 0.6 is 0 Å². The highest BCUT2D eigenvalue weighted by molar-refractivity contribution is 5.70. The van der Waals surface area contributed by atoms with Crippen LogP contribution in [0, 0.1) is 6.57 Å². The maximum Gasteiger partial charge on any atom is 0.256 e. The number of aromatic nitrogens is 2. The number of hydrogen-bond acceptors (Lipinski definition) is 4. The molecule has 1 aliphatic carbocycles. The van der Waals surface area contributed by atoms with Gasteiger partial charge in [-0.1, -0.05) is 30.3 Å². The van der Waals surface area contributed by atoms with Crippen molar-refractivity contribution in [2.45, 2.75) is 45.6 Å². The van der Waals surface area contributed by atoms with Crippen molar-refractivity contribution in [2.24, 2.45) is 0 Å². The molecule has 0 fully saturated rings. The largest absolute Gasteiger partial charge is 0.502 e. The standard InChI is InChI=1S/C22H21N3O2/c1-13(2)26-20-11-9-15(12-19(20)23-4)22-24-21(25-27-22)18-7-5-6-16-14(3)8-10-17(16)18/h5-7,9,11-14H,8,10H2,1-3H3/t14-/m1/s1. The SMILES string of the molecule is [C-]#[N+]c1cc(-c2nc(-c3cccc4c3CC[C@H]4C)no2)ccc1OC(C)C. The summed E-state index contributed by atoms with van der Waals surface area (Å²) in [7, 11) is 0. The van der Waals surface area contributed by atoms with Crippen molar-refractivity contribution in [1.29, 1.82) is 0 Å². The second-order valence-electron chi connectivity index (χ2n) is 7.20. The van der Waals surface area contributed by atoms with Crippen LogP contribution in [0.4, 0.5) is 5.69 Å². The first kappa shape index (κ1) is 17.3. The topological polar surface area (TPSA) is 52.5 Å². The molecule has 4 rings (SSSR count). The molecule has 0 aliphatic heterocycles. The molecular formula is C22H21N3O2. The highest BCUT2D eigenvalue weighted by atomic mass is 16.5. The maximum atomic E-state index is 7.41. The summed E-state index contributed by atoms with van der Waals surface area (Å²) in [6.07, 6.45) is 2.21. The first-order valence-electron chi connectivity index (χ1n) is 9.21. The van der Waals surface area contributed by atoms with E-state index in [1.54, 1.807) is 12.1 Å². The predicted octanol–water partition coefficient (Wildman–Crippen LogP) is 5.79. The molecule has 1 aliphatic rings. The van der Waals surface area contributed by atoms with Crippen LogP contribution in [0.25, 0.3) is 27.7 Å². The lowest BCUT2D eigenvalue weighted by Crippen LogP contribution is -2.05. The molecular weight excluding hydrogens is 338 g/mol. The second-order valence-corrected chi connectivity index (χ2v) is 7.20. The Hall–Kier alpha value is -3.13. The highest BCUT2D eigenvalue weighted by Gasteiger charge is 2.23. The first-order chi connectivity index (χ1) is 13.1. The van der Waals surface area contributed by atoms with E-state index >= 15 is 0 Å². The zero-order valence-electron chi connectivity index (χ0n) is 15.7. The smallest absolute Gasteiger partial charge is 0.256 e. The summed E-state index contributed by atoms with van der Waals surface area (Å²) < 4.78 is 11.2. The lowest BCUT2D eigenvalue weighted by atomic mass is 9.99. The number of rotatable bonds is 4. The van der Waals surface area contributed by atoms with E-state index in [-0.39, 0.29) is 6.10 Å². The molecule has 0 bridgehead atoms. The van der Waals surface area contributed by atoms with Crippen LogP contribution in [0.15, 0.2) is 40.9 Å². The van der Waals surface area contributed by atoms with Gasteiger partial charge in [-0.3, -0.25) is 0 Å². The molecule has 0 saturated carbocycles. The van der Waals surface area contributed by atoms with Gasteiger partial charge in [-0.2, -0.15) is 4.98 Å². The van der Waals surface area contributed by atoms with E-state index in [1.807, 2.05) is 19.9 Å². The Labute approximate surface area is 158 Å². The molecule has 3 aromatic rings. The number of ether oxygens (including phenoxy) is 1. The molecule has 0 amide bonds. The fraction of sp³-hybridized carbons (Fsp3) is 0.318. The Balaban J connectivity index is 1.69. The van der Waals surface area contributed by atoms with Crippen molar-refractivity contribution in [3.05, 3.63) is 58.9 Å². The van der Waals surface area contributed by atoms with E-state index in [0.29, 0.717) is 29.1 Å². The molecule has 0 unspecified atom stereocenters. The molecule has 0 spiro atoms. The quantitative estimate of drug-likeness (QED) is 0.553. The Morgan fingerprint density at radius 1 is 1.26 bits per heavy atom. The molecule has 0 N–H and O–H groups in total. The van der Waals surface area contributed by atoms with Crippen LogP contribution < -0.4 is 4.74 Å². The molecule has 2 aromatic carbocycles. The Morgan fingerprint density at radius 3 is 2.89 bits per heavy atom. The second kappa shape index (κ2) is 6.88. The van der Waals surface area contributed by atoms with E-state index in [2.05, 4.69) is 40.1 Å². The van der Waals surface area contributed by atoms with E-state index in [0.717, 1.165) is 24.0 Å². The van der Waals surface area contributed by atoms with Crippen molar-refractivity contribution in [1.82, 2.24) is 10.1 Å². The Kier molecular flexibility index (Phi) is 4.41. The molecule has 1 aromatic heterocycles. The number of fused-ring (bicyclic) bond motifs is 1. The third-order valence-corrected chi connectivity index (χ3v) is 4.93. The third-order valence-electron chi connectivity index (χ3n) is 4.93. The summed E-state index contributed by atoms with van der Waals surface area (Å²) in [4.78, 5) is 8.16. The van der Waals surface area contributed by atoms with E-state index in [9.17, 15) is 0 Å². The summed E-state index contributed by atoms with van der Waals surface area (Å²) in [6, 6.07) is 11.7. The average molecular weight is 359 g/mol. The van der Waals surface area contributed by atoms with Crippen LogP contribution in [0.3, 0.4) is 0 Å². The summed E-state index contributed by atoms with van der Waals surface area (Å²) >= 11 is 0. The lowest BCUT2D eigenvalue weighted by molar-refractivity contribution is 0.244. The average Bonchev–Trinajstić information content (AvgIpc) is 3.29. The van der Waals surface area contributed by atoms with Crippen molar-refractivity contribution >= 4 is 5.69 Å². The van der Waals surface area contributed by atoms with Crippen LogP contribution in [0.5, 0.6) is 5.75 Å². The van der Waals surface area contributed by atoms with E-state index in [1.165, 1.54) is 11.1 Å². The fourth-order valence-corrected chi connectivity index (χ4v) is 3.61. The van der Waals surface area contributed by atoms with E-state index < -0.39 is 0 Å². The van der Waals surface area contributed by atoms with Gasteiger partial charge in [-0.15, -0.1) is 0 Å². The Bertz CT molecular complexity index is 1030. The summed E-state index contributed by atoms with van der Waals surface area (Å²) in [6.45, 7) is 13.5. The minimum absolute atomic E-state index is 0.00826. The number of nitrogens with zero attached hydrogens (tertiary/aromatic N) is 3. The van der Waals surface area contributed by atoms with Gasteiger partial charge in [0.1, 0.15) is 5.75 Å². The molecule has 0 radical (unpaired) electrons. The van der Waals surface area contributed by atoms with Gasteiger partial charge in [0.05, 0.1) is 12.7 Å². The molecule has 5 heteroatoms. The van der Waals surface area contributed by atoms with Gasteiger partial charge in [0.2, 0.25) is 11.5 Å². The van der Waals surface area contributed by atoms with Crippen LogP contribution in [-0.4, -0.2) is 16.2 Å². The third kappa shape index (κ3) is 3.19. The van der Waals surface area contributed by atoms with Gasteiger partial charge in [0, 0.05) is 11.1 Å². The van der Waals surface area contributed by atoms with Gasteiger partial charge in [0.25, 0.3) is 5.89 Å². The maximum absolute atomic E-state index is 7.41. The van der Waals surface area contributed by atoms with Crippen molar-refractivity contribution in [2.75, 3.05) is 0 Å². The number of hydrogen-bond donors (Lipinski definition) is 0. The van der Waals surface area contributed by atoms with Crippen molar-refractivity contribution in [3.63, 3.8) is 0 Å². The molecule has 27 heavy (non-hydrogen) atoms. The zero-order chi connectivity index (χ0) is 19.0. The Morgan fingerprint density at radius 2 is 2.11 bits per heavy atom. The fourth-order valence-electron chi connectivity index (χ4n) is 3.61. The molecule has 5 nitrogen and oxygen atoms in total. The van der Waals surface area contributed by atoms with Gasteiger partial charge < -0.3 is 9.26 Å². The molecule has 1 atom stereocenters. The van der Waals surface area contributed by atoms with Gasteiger partial charge in [-0.05, 0) is 61.9 Å². The predicted molar refractivity (Wildman–Crippen MR) is 104 cm³/mol. The highest BCUT2D eigenvalue weighted by Crippen LogP contribution is 2.39.